The Hall–Kier alpha value is 0.0406. The van der Waals surface area contributed by atoms with E-state index in [1.807, 2.05) is 6.92 Å². The minimum absolute atomic E-state index is 0.0306. The number of esters is 1. The topological polar surface area (TPSA) is 44.8 Å². The summed E-state index contributed by atoms with van der Waals surface area (Å²) in [4.78, 5) is 12.5. The van der Waals surface area contributed by atoms with Crippen molar-refractivity contribution in [1.82, 2.24) is 0 Å². The van der Waals surface area contributed by atoms with E-state index in [2.05, 4.69) is 33.1 Å². The van der Waals surface area contributed by atoms with Crippen LogP contribution in [-0.4, -0.2) is 37.8 Å². The van der Waals surface area contributed by atoms with Crippen molar-refractivity contribution in [2.24, 2.45) is 5.92 Å². The SMILES string of the molecule is CCC(C)C(=O)OCC[Si](C)(O[Si](C)(C)C)O[Si](C1CCCCC1)(C1CCCCC1)C1CCCCC1. The first-order chi connectivity index (χ1) is 17.1. The maximum atomic E-state index is 12.5. The van der Waals surface area contributed by atoms with Gasteiger partial charge in [-0.05, 0) is 49.2 Å². The minimum atomic E-state index is -2.54. The van der Waals surface area contributed by atoms with E-state index in [0.29, 0.717) is 6.61 Å². The Labute approximate surface area is 226 Å². The number of hydrogen-bond donors (Lipinski definition) is 0. The zero-order chi connectivity index (χ0) is 26.2. The summed E-state index contributed by atoms with van der Waals surface area (Å²) < 4.78 is 20.9. The molecule has 0 aromatic heterocycles. The molecule has 210 valence electrons. The standard InChI is InChI=1S/C29H58O4Si3/c1-7-25(2)29(30)31-23-24-35(6,32-34(3,4)5)33-36(26-17-11-8-12-18-26,27-19-13-9-14-20-27)28-21-15-10-16-22-28/h25-28H,7-24H2,1-6H3. The number of carbonyl (C=O) groups is 1. The van der Waals surface area contributed by atoms with Crippen LogP contribution < -0.4 is 0 Å². The van der Waals surface area contributed by atoms with Gasteiger partial charge in [0.1, 0.15) is 0 Å². The summed E-state index contributed by atoms with van der Waals surface area (Å²) in [5.41, 5.74) is 2.41. The average molecular weight is 555 g/mol. The molecule has 0 aromatic rings. The van der Waals surface area contributed by atoms with Crippen LogP contribution in [0.2, 0.25) is 48.9 Å². The highest BCUT2D eigenvalue weighted by Crippen LogP contribution is 2.58. The van der Waals surface area contributed by atoms with Crippen molar-refractivity contribution in [2.75, 3.05) is 6.61 Å². The van der Waals surface area contributed by atoms with Crippen LogP contribution in [0.5, 0.6) is 0 Å². The maximum absolute atomic E-state index is 12.5. The fraction of sp³-hybridized carbons (Fsp3) is 0.966. The molecule has 2 atom stereocenters. The van der Waals surface area contributed by atoms with E-state index >= 15 is 0 Å². The largest absolute Gasteiger partial charge is 0.466 e. The van der Waals surface area contributed by atoms with E-state index in [0.717, 1.165) is 29.1 Å². The molecule has 0 aliphatic heterocycles. The average Bonchev–Trinajstić information content (AvgIpc) is 2.87. The molecule has 0 bridgehead atoms. The molecule has 0 heterocycles. The van der Waals surface area contributed by atoms with Crippen LogP contribution in [0.1, 0.15) is 117 Å². The molecule has 0 aromatic carbocycles. The van der Waals surface area contributed by atoms with Gasteiger partial charge in [-0.25, -0.2) is 0 Å². The van der Waals surface area contributed by atoms with Gasteiger partial charge in [-0.3, -0.25) is 4.79 Å². The van der Waals surface area contributed by atoms with Gasteiger partial charge in [-0.1, -0.05) is 110 Å². The fourth-order valence-electron chi connectivity index (χ4n) is 7.70. The van der Waals surface area contributed by atoms with E-state index in [9.17, 15) is 4.79 Å². The molecule has 0 radical (unpaired) electrons. The summed E-state index contributed by atoms with van der Waals surface area (Å²) in [5, 5.41) is 0. The Morgan fingerprint density at radius 1 is 0.722 bits per heavy atom. The first-order valence-corrected chi connectivity index (χ1v) is 23.7. The molecule has 36 heavy (non-hydrogen) atoms. The van der Waals surface area contributed by atoms with Gasteiger partial charge < -0.3 is 13.0 Å². The number of carbonyl (C=O) groups excluding carboxylic acids is 1. The lowest BCUT2D eigenvalue weighted by atomic mass is 9.98. The van der Waals surface area contributed by atoms with E-state index in [-0.39, 0.29) is 11.9 Å². The van der Waals surface area contributed by atoms with Gasteiger partial charge in [0.25, 0.3) is 0 Å². The Bertz CT molecular complexity index is 618. The second-order valence-corrected chi connectivity index (χ2v) is 26.3. The number of hydrogen-bond acceptors (Lipinski definition) is 4. The van der Waals surface area contributed by atoms with Crippen molar-refractivity contribution in [1.29, 1.82) is 0 Å². The van der Waals surface area contributed by atoms with E-state index in [1.165, 1.54) is 96.3 Å². The van der Waals surface area contributed by atoms with Crippen molar-refractivity contribution in [2.45, 2.75) is 165 Å². The molecule has 0 N–H and O–H groups in total. The molecule has 4 nitrogen and oxygen atoms in total. The molecule has 3 fully saturated rings. The lowest BCUT2D eigenvalue weighted by Gasteiger charge is -2.55. The summed E-state index contributed by atoms with van der Waals surface area (Å²) in [6, 6.07) is 0.792. The first kappa shape index (κ1) is 30.6. The summed E-state index contributed by atoms with van der Waals surface area (Å²) in [6.45, 7) is 13.8. The van der Waals surface area contributed by atoms with E-state index in [4.69, 9.17) is 13.0 Å². The Balaban J connectivity index is 1.95. The maximum Gasteiger partial charge on any atom is 0.317 e. The molecule has 0 amide bonds. The number of ether oxygens (including phenoxy) is 1. The molecule has 3 aliphatic carbocycles. The third-order valence-electron chi connectivity index (χ3n) is 9.46. The van der Waals surface area contributed by atoms with Gasteiger partial charge in [-0.2, -0.15) is 0 Å². The normalized spacial score (nSPS) is 24.3. The van der Waals surface area contributed by atoms with E-state index < -0.39 is 25.2 Å². The second-order valence-electron chi connectivity index (χ2n) is 13.5. The lowest BCUT2D eigenvalue weighted by molar-refractivity contribution is -0.147. The highest BCUT2D eigenvalue weighted by Gasteiger charge is 2.58. The van der Waals surface area contributed by atoms with Crippen molar-refractivity contribution in [3.63, 3.8) is 0 Å². The number of rotatable bonds is 12. The summed E-state index contributed by atoms with van der Waals surface area (Å²) in [6.07, 6.45) is 21.7. The predicted octanol–water partition coefficient (Wildman–Crippen LogP) is 9.46. The van der Waals surface area contributed by atoms with Crippen molar-refractivity contribution < 1.29 is 17.8 Å². The van der Waals surface area contributed by atoms with Crippen LogP contribution in [0.25, 0.3) is 0 Å². The highest BCUT2D eigenvalue weighted by molar-refractivity contribution is 6.90. The molecule has 0 spiro atoms. The van der Waals surface area contributed by atoms with Gasteiger partial charge in [0.2, 0.25) is 0 Å². The van der Waals surface area contributed by atoms with Gasteiger partial charge in [-0.15, -0.1) is 0 Å². The smallest absolute Gasteiger partial charge is 0.317 e. The quantitative estimate of drug-likeness (QED) is 0.178. The van der Waals surface area contributed by atoms with Crippen LogP contribution in [0, 0.1) is 5.92 Å². The molecule has 7 heteroatoms. The Morgan fingerprint density at radius 3 is 1.50 bits per heavy atom. The molecular formula is C29H58O4Si3. The van der Waals surface area contributed by atoms with Crippen molar-refractivity contribution >= 4 is 31.2 Å². The van der Waals surface area contributed by atoms with Crippen LogP contribution in [0.3, 0.4) is 0 Å². The third-order valence-corrected chi connectivity index (χ3v) is 23.5. The van der Waals surface area contributed by atoms with Gasteiger partial charge >= 0.3 is 14.5 Å². The fourth-order valence-corrected chi connectivity index (χ4v) is 25.6. The predicted molar refractivity (Wildman–Crippen MR) is 159 cm³/mol. The monoisotopic (exact) mass is 554 g/mol. The van der Waals surface area contributed by atoms with Crippen molar-refractivity contribution in [3.05, 3.63) is 0 Å². The van der Waals surface area contributed by atoms with Gasteiger partial charge in [0, 0.05) is 6.04 Å². The Kier molecular flexibility index (Phi) is 11.8. The lowest BCUT2D eigenvalue weighted by Crippen LogP contribution is -2.62. The van der Waals surface area contributed by atoms with Crippen LogP contribution in [0.15, 0.2) is 0 Å². The zero-order valence-electron chi connectivity index (χ0n) is 24.7. The molecular weight excluding hydrogens is 497 g/mol. The van der Waals surface area contributed by atoms with Crippen LogP contribution in [0.4, 0.5) is 0 Å². The summed E-state index contributed by atoms with van der Waals surface area (Å²) in [7, 11) is -6.48. The minimum Gasteiger partial charge on any atom is -0.466 e. The third kappa shape index (κ3) is 8.27. The second kappa shape index (κ2) is 13.9. The van der Waals surface area contributed by atoms with Crippen LogP contribution >= 0.6 is 0 Å². The zero-order valence-corrected chi connectivity index (χ0v) is 27.7. The molecule has 3 rings (SSSR count). The molecule has 2 unspecified atom stereocenters. The van der Waals surface area contributed by atoms with Crippen molar-refractivity contribution in [3.8, 4) is 0 Å². The highest BCUT2D eigenvalue weighted by atomic mass is 28.5. The van der Waals surface area contributed by atoms with Gasteiger partial charge in [0.15, 0.2) is 16.6 Å². The summed E-state index contributed by atoms with van der Waals surface area (Å²) >= 11 is 0. The van der Waals surface area contributed by atoms with Gasteiger partial charge in [0.05, 0.1) is 12.5 Å². The molecule has 3 aliphatic rings. The Morgan fingerprint density at radius 2 is 1.14 bits per heavy atom. The van der Waals surface area contributed by atoms with E-state index in [1.54, 1.807) is 0 Å². The first-order valence-electron chi connectivity index (χ1n) is 15.7. The molecule has 0 saturated heterocycles. The molecule has 3 saturated carbocycles. The van der Waals surface area contributed by atoms with Crippen LogP contribution in [-0.2, 0) is 17.8 Å². The summed E-state index contributed by atoms with van der Waals surface area (Å²) in [5.74, 6) is -0.0888.